The topological polar surface area (TPSA) is 125 Å². The van der Waals surface area contributed by atoms with E-state index in [0.717, 1.165) is 22.3 Å². The molecular formula is C23H26N2O6. The summed E-state index contributed by atoms with van der Waals surface area (Å²) in [6.45, 7) is 1.43. The van der Waals surface area contributed by atoms with Crippen LogP contribution in [0.15, 0.2) is 48.5 Å². The molecule has 4 N–H and O–H groups in total. The van der Waals surface area contributed by atoms with E-state index >= 15 is 0 Å². The van der Waals surface area contributed by atoms with Crippen LogP contribution in [0.5, 0.6) is 0 Å². The third-order valence-electron chi connectivity index (χ3n) is 5.25. The molecule has 2 aromatic rings. The number of hydrogen-bond donors (Lipinski definition) is 4. The first kappa shape index (κ1) is 22.3. The predicted molar refractivity (Wildman–Crippen MR) is 114 cm³/mol. The van der Waals surface area contributed by atoms with E-state index in [1.54, 1.807) is 6.92 Å². The Morgan fingerprint density at radius 1 is 1.00 bits per heavy atom. The molecule has 8 nitrogen and oxygen atoms in total. The molecule has 2 amide bonds. The number of benzene rings is 2. The highest BCUT2D eigenvalue weighted by Gasteiger charge is 2.29. The Bertz CT molecular complexity index is 915. The van der Waals surface area contributed by atoms with Crippen LogP contribution in [0, 0.1) is 0 Å². The summed E-state index contributed by atoms with van der Waals surface area (Å²) in [5.41, 5.74) is 4.47. The van der Waals surface area contributed by atoms with Crippen molar-refractivity contribution in [3.05, 3.63) is 59.7 Å². The SMILES string of the molecule is C[C@@H](CC(=O)N[C@H](CCO)C(=O)O)NC(=O)OCC1c2ccccc2-c2ccccc21. The maximum atomic E-state index is 12.3. The molecule has 0 radical (unpaired) electrons. The first-order chi connectivity index (χ1) is 14.9. The van der Waals surface area contributed by atoms with Gasteiger partial charge < -0.3 is 25.6 Å². The zero-order chi connectivity index (χ0) is 22.4. The van der Waals surface area contributed by atoms with Crippen molar-refractivity contribution >= 4 is 18.0 Å². The molecule has 0 saturated carbocycles. The van der Waals surface area contributed by atoms with Crippen molar-refractivity contribution in [2.24, 2.45) is 0 Å². The van der Waals surface area contributed by atoms with Crippen molar-refractivity contribution in [1.29, 1.82) is 0 Å². The van der Waals surface area contributed by atoms with Crippen molar-refractivity contribution in [3.63, 3.8) is 0 Å². The monoisotopic (exact) mass is 426 g/mol. The first-order valence-electron chi connectivity index (χ1n) is 10.1. The molecule has 0 bridgehead atoms. The van der Waals surface area contributed by atoms with Crippen molar-refractivity contribution in [2.45, 2.75) is 37.8 Å². The highest BCUT2D eigenvalue weighted by atomic mass is 16.5. The van der Waals surface area contributed by atoms with Gasteiger partial charge in [0.25, 0.3) is 0 Å². The normalized spacial score (nSPS) is 14.1. The number of hydrogen-bond acceptors (Lipinski definition) is 5. The molecule has 1 aliphatic carbocycles. The molecule has 0 aliphatic heterocycles. The zero-order valence-corrected chi connectivity index (χ0v) is 17.2. The molecule has 1 aliphatic rings. The summed E-state index contributed by atoms with van der Waals surface area (Å²) in [4.78, 5) is 35.3. The Labute approximate surface area is 180 Å². The third-order valence-corrected chi connectivity index (χ3v) is 5.25. The summed E-state index contributed by atoms with van der Waals surface area (Å²) in [6.07, 6.45) is -0.846. The van der Waals surface area contributed by atoms with Crippen LogP contribution in [0.1, 0.15) is 36.8 Å². The molecule has 2 atom stereocenters. The average Bonchev–Trinajstić information content (AvgIpc) is 3.05. The van der Waals surface area contributed by atoms with E-state index in [9.17, 15) is 14.4 Å². The summed E-state index contributed by atoms with van der Waals surface area (Å²) in [5, 5.41) is 22.8. The fourth-order valence-electron chi connectivity index (χ4n) is 3.81. The van der Waals surface area contributed by atoms with Crippen LogP contribution in [-0.2, 0) is 14.3 Å². The fourth-order valence-corrected chi connectivity index (χ4v) is 3.81. The number of fused-ring (bicyclic) bond motifs is 3. The predicted octanol–water partition coefficient (Wildman–Crippen LogP) is 2.26. The number of carboxylic acid groups (broad SMARTS) is 1. The lowest BCUT2D eigenvalue weighted by molar-refractivity contribution is -0.142. The van der Waals surface area contributed by atoms with Crippen molar-refractivity contribution in [1.82, 2.24) is 10.6 Å². The maximum absolute atomic E-state index is 12.3. The number of nitrogens with one attached hydrogen (secondary N) is 2. The molecule has 0 aromatic heterocycles. The lowest BCUT2D eigenvalue weighted by atomic mass is 9.98. The number of carbonyl (C=O) groups is 3. The largest absolute Gasteiger partial charge is 0.480 e. The van der Waals surface area contributed by atoms with E-state index in [2.05, 4.69) is 22.8 Å². The van der Waals surface area contributed by atoms with E-state index in [-0.39, 0.29) is 32.0 Å². The molecule has 164 valence electrons. The van der Waals surface area contributed by atoms with Gasteiger partial charge in [-0.25, -0.2) is 9.59 Å². The van der Waals surface area contributed by atoms with Gasteiger partial charge in [0.15, 0.2) is 0 Å². The highest BCUT2D eigenvalue weighted by Crippen LogP contribution is 2.44. The number of aliphatic hydroxyl groups is 1. The van der Waals surface area contributed by atoms with Gasteiger partial charge in [-0.3, -0.25) is 4.79 Å². The second kappa shape index (κ2) is 10.1. The summed E-state index contributed by atoms with van der Waals surface area (Å²) in [6, 6.07) is 14.3. The summed E-state index contributed by atoms with van der Waals surface area (Å²) in [5.74, 6) is -1.82. The molecule has 3 rings (SSSR count). The van der Waals surface area contributed by atoms with Crippen molar-refractivity contribution in [3.8, 4) is 11.1 Å². The van der Waals surface area contributed by atoms with Crippen LogP contribution in [0.2, 0.25) is 0 Å². The Morgan fingerprint density at radius 2 is 1.58 bits per heavy atom. The van der Waals surface area contributed by atoms with Crippen molar-refractivity contribution < 1.29 is 29.3 Å². The molecule has 8 heteroatoms. The minimum Gasteiger partial charge on any atom is -0.480 e. The molecule has 2 aromatic carbocycles. The molecule has 0 saturated heterocycles. The smallest absolute Gasteiger partial charge is 0.407 e. The first-order valence-corrected chi connectivity index (χ1v) is 10.1. The average molecular weight is 426 g/mol. The van der Waals surface area contributed by atoms with E-state index in [1.165, 1.54) is 0 Å². The van der Waals surface area contributed by atoms with Gasteiger partial charge >= 0.3 is 12.1 Å². The number of rotatable bonds is 9. The fraction of sp³-hybridized carbons (Fsp3) is 0.348. The molecular weight excluding hydrogens is 400 g/mol. The Hall–Kier alpha value is -3.39. The Balaban J connectivity index is 1.52. The molecule has 0 heterocycles. The van der Waals surface area contributed by atoms with Gasteiger partial charge in [-0.05, 0) is 29.2 Å². The van der Waals surface area contributed by atoms with Crippen LogP contribution in [-0.4, -0.2) is 53.5 Å². The summed E-state index contributed by atoms with van der Waals surface area (Å²) < 4.78 is 5.44. The second-order valence-corrected chi connectivity index (χ2v) is 7.55. The zero-order valence-electron chi connectivity index (χ0n) is 17.2. The minimum absolute atomic E-state index is 0.0634. The molecule has 31 heavy (non-hydrogen) atoms. The number of carbonyl (C=O) groups excluding carboxylic acids is 2. The molecule has 0 unspecified atom stereocenters. The van der Waals surface area contributed by atoms with Crippen LogP contribution >= 0.6 is 0 Å². The van der Waals surface area contributed by atoms with Crippen LogP contribution in [0.25, 0.3) is 11.1 Å². The van der Waals surface area contributed by atoms with Gasteiger partial charge in [0, 0.05) is 31.4 Å². The maximum Gasteiger partial charge on any atom is 0.407 e. The summed E-state index contributed by atoms with van der Waals surface area (Å²) >= 11 is 0. The standard InChI is InChI=1S/C23H26N2O6/c1-14(12-21(27)25-20(10-11-26)22(28)29)24-23(30)31-13-19-17-8-4-2-6-15(17)16-7-3-5-9-18(16)19/h2-9,14,19-20,26H,10-13H2,1H3,(H,24,30)(H,25,27)(H,28,29)/t14-,20+/m0/s1. The van der Waals surface area contributed by atoms with E-state index in [4.69, 9.17) is 14.9 Å². The summed E-state index contributed by atoms with van der Waals surface area (Å²) in [7, 11) is 0. The van der Waals surface area contributed by atoms with Crippen LogP contribution in [0.3, 0.4) is 0 Å². The number of alkyl carbamates (subject to hydrolysis) is 1. The van der Waals surface area contributed by atoms with Gasteiger partial charge in [-0.2, -0.15) is 0 Å². The van der Waals surface area contributed by atoms with Gasteiger partial charge in [0.05, 0.1) is 0 Å². The highest BCUT2D eigenvalue weighted by molar-refractivity contribution is 5.84. The number of carboxylic acids is 1. The minimum atomic E-state index is -1.22. The van der Waals surface area contributed by atoms with Crippen LogP contribution < -0.4 is 10.6 Å². The number of aliphatic carboxylic acids is 1. The van der Waals surface area contributed by atoms with Crippen LogP contribution in [0.4, 0.5) is 4.79 Å². The molecule has 0 fully saturated rings. The Morgan fingerprint density at radius 3 is 2.13 bits per heavy atom. The van der Waals surface area contributed by atoms with E-state index < -0.39 is 30.1 Å². The van der Waals surface area contributed by atoms with Gasteiger partial charge in [0.2, 0.25) is 5.91 Å². The quantitative estimate of drug-likeness (QED) is 0.487. The van der Waals surface area contributed by atoms with Gasteiger partial charge in [-0.1, -0.05) is 48.5 Å². The lowest BCUT2D eigenvalue weighted by Gasteiger charge is -2.18. The lowest BCUT2D eigenvalue weighted by Crippen LogP contribution is -2.44. The second-order valence-electron chi connectivity index (χ2n) is 7.55. The number of ether oxygens (including phenoxy) is 1. The van der Waals surface area contributed by atoms with E-state index in [1.807, 2.05) is 36.4 Å². The van der Waals surface area contributed by atoms with Crippen molar-refractivity contribution in [2.75, 3.05) is 13.2 Å². The van der Waals surface area contributed by atoms with Gasteiger partial charge in [0.1, 0.15) is 12.6 Å². The van der Waals surface area contributed by atoms with Gasteiger partial charge in [-0.15, -0.1) is 0 Å². The Kier molecular flexibility index (Phi) is 7.25. The number of aliphatic hydroxyl groups excluding tert-OH is 1. The molecule has 0 spiro atoms. The van der Waals surface area contributed by atoms with E-state index in [0.29, 0.717) is 0 Å². The number of amides is 2. The third kappa shape index (κ3) is 5.40.